The van der Waals surface area contributed by atoms with Crippen LogP contribution in [0, 0.1) is 0 Å². The Bertz CT molecular complexity index is 57.0. The normalized spacial score (nSPS) is 8.50. The Morgan fingerprint density at radius 2 is 0.833 bits per heavy atom. The standard InChI is InChI=1S/C8H20N2.HI.Na.H/c9-7-5-3-1-2-4-6-8-10;;;/h1-10H2;1H;;. The molecule has 0 aromatic heterocycles. The summed E-state index contributed by atoms with van der Waals surface area (Å²) in [5.74, 6) is 0. The van der Waals surface area contributed by atoms with Crippen LogP contribution in [0.2, 0.25) is 0 Å². The van der Waals surface area contributed by atoms with Crippen LogP contribution in [0.4, 0.5) is 0 Å². The molecule has 0 atom stereocenters. The van der Waals surface area contributed by atoms with Crippen molar-refractivity contribution < 1.29 is 0 Å². The van der Waals surface area contributed by atoms with Crippen LogP contribution in [0.1, 0.15) is 38.5 Å². The van der Waals surface area contributed by atoms with E-state index in [1.165, 1.54) is 38.5 Å². The molecule has 12 heavy (non-hydrogen) atoms. The van der Waals surface area contributed by atoms with Crippen molar-refractivity contribution in [2.45, 2.75) is 38.5 Å². The number of unbranched alkanes of at least 4 members (excludes halogenated alkanes) is 5. The van der Waals surface area contributed by atoms with Crippen molar-refractivity contribution in [3.05, 3.63) is 0 Å². The molecule has 0 aromatic carbocycles. The zero-order chi connectivity index (χ0) is 7.66. The molecule has 0 fully saturated rings. The molecule has 0 aromatic rings. The molecule has 0 spiro atoms. The summed E-state index contributed by atoms with van der Waals surface area (Å²) in [5, 5.41) is 0. The number of hydrogen-bond acceptors (Lipinski definition) is 2. The Morgan fingerprint density at radius 3 is 1.08 bits per heavy atom. The first-order chi connectivity index (χ1) is 4.91. The van der Waals surface area contributed by atoms with Crippen molar-refractivity contribution in [1.82, 2.24) is 0 Å². The molecule has 0 aliphatic rings. The van der Waals surface area contributed by atoms with Gasteiger partial charge in [-0.2, -0.15) is 0 Å². The first kappa shape index (κ1) is 19.3. The predicted octanol–water partition coefficient (Wildman–Crippen LogP) is 1.21. The fourth-order valence-electron chi connectivity index (χ4n) is 0.996. The quantitative estimate of drug-likeness (QED) is 0.421. The van der Waals surface area contributed by atoms with E-state index >= 15 is 0 Å². The molecule has 0 saturated heterocycles. The van der Waals surface area contributed by atoms with Gasteiger partial charge >= 0.3 is 29.6 Å². The van der Waals surface area contributed by atoms with Gasteiger partial charge in [0, 0.05) is 0 Å². The van der Waals surface area contributed by atoms with E-state index in [1.807, 2.05) is 0 Å². The first-order valence-electron chi connectivity index (χ1n) is 4.32. The van der Waals surface area contributed by atoms with E-state index in [0.29, 0.717) is 0 Å². The zero-order valence-corrected chi connectivity index (χ0v) is 9.55. The summed E-state index contributed by atoms with van der Waals surface area (Å²) in [6.07, 6.45) is 7.61. The second-order valence-electron chi connectivity index (χ2n) is 2.70. The van der Waals surface area contributed by atoms with E-state index < -0.39 is 0 Å². The van der Waals surface area contributed by atoms with Crippen LogP contribution in [-0.4, -0.2) is 42.6 Å². The van der Waals surface area contributed by atoms with Gasteiger partial charge in [0.05, 0.1) is 0 Å². The molecular formula is C8H22IN2Na. The summed E-state index contributed by atoms with van der Waals surface area (Å²) in [6, 6.07) is 0. The molecule has 0 bridgehead atoms. The van der Waals surface area contributed by atoms with Gasteiger partial charge in [0.2, 0.25) is 0 Å². The molecule has 0 aliphatic carbocycles. The van der Waals surface area contributed by atoms with Gasteiger partial charge < -0.3 is 11.5 Å². The molecular weight excluding hydrogens is 274 g/mol. The van der Waals surface area contributed by atoms with Crippen molar-refractivity contribution in [2.24, 2.45) is 11.5 Å². The number of halogens is 1. The Morgan fingerprint density at radius 1 is 0.583 bits per heavy atom. The summed E-state index contributed by atoms with van der Waals surface area (Å²) in [6.45, 7) is 1.69. The van der Waals surface area contributed by atoms with Crippen molar-refractivity contribution in [3.63, 3.8) is 0 Å². The van der Waals surface area contributed by atoms with E-state index in [0.717, 1.165) is 13.1 Å². The molecule has 4 N–H and O–H groups in total. The van der Waals surface area contributed by atoms with Gasteiger partial charge in [-0.1, -0.05) is 25.7 Å². The SMILES string of the molecule is I.NCCCCCCCCN.[NaH]. The average molecular weight is 296 g/mol. The topological polar surface area (TPSA) is 52.0 Å². The number of rotatable bonds is 7. The summed E-state index contributed by atoms with van der Waals surface area (Å²) in [5.41, 5.74) is 10.7. The summed E-state index contributed by atoms with van der Waals surface area (Å²) < 4.78 is 0. The molecule has 4 heteroatoms. The Hall–Kier alpha value is 1.65. The fraction of sp³-hybridized carbons (Fsp3) is 1.00. The maximum atomic E-state index is 5.35. The molecule has 0 radical (unpaired) electrons. The van der Waals surface area contributed by atoms with E-state index in [2.05, 4.69) is 0 Å². The minimum atomic E-state index is 0. The Balaban J connectivity index is -0.000000405. The van der Waals surface area contributed by atoms with E-state index in [9.17, 15) is 0 Å². The first-order valence-corrected chi connectivity index (χ1v) is 4.32. The second kappa shape index (κ2) is 18.4. The Kier molecular flexibility index (Phi) is 29.6. The van der Waals surface area contributed by atoms with Gasteiger partial charge in [-0.25, -0.2) is 0 Å². The second-order valence-corrected chi connectivity index (χ2v) is 2.70. The van der Waals surface area contributed by atoms with Crippen molar-refractivity contribution in [1.29, 1.82) is 0 Å². The van der Waals surface area contributed by atoms with Gasteiger partial charge in [0.15, 0.2) is 0 Å². The summed E-state index contributed by atoms with van der Waals surface area (Å²) >= 11 is 0. The summed E-state index contributed by atoms with van der Waals surface area (Å²) in [4.78, 5) is 0. The summed E-state index contributed by atoms with van der Waals surface area (Å²) in [7, 11) is 0. The molecule has 0 unspecified atom stereocenters. The van der Waals surface area contributed by atoms with Gasteiger partial charge in [-0.15, -0.1) is 24.0 Å². The molecule has 0 amide bonds. The van der Waals surface area contributed by atoms with Crippen LogP contribution >= 0.6 is 24.0 Å². The minimum absolute atomic E-state index is 0. The average Bonchev–Trinajstić information content (AvgIpc) is 1.97. The zero-order valence-electron chi connectivity index (χ0n) is 7.22. The number of nitrogens with two attached hydrogens (primary N) is 2. The fourth-order valence-corrected chi connectivity index (χ4v) is 0.996. The van der Waals surface area contributed by atoms with Gasteiger partial charge in [0.25, 0.3) is 0 Å². The van der Waals surface area contributed by atoms with E-state index in [-0.39, 0.29) is 53.5 Å². The number of hydrogen-bond donors (Lipinski definition) is 2. The third kappa shape index (κ3) is 17.7. The molecule has 72 valence electrons. The van der Waals surface area contributed by atoms with Crippen LogP contribution in [0.25, 0.3) is 0 Å². The molecule has 0 saturated carbocycles. The van der Waals surface area contributed by atoms with Gasteiger partial charge in [-0.05, 0) is 25.9 Å². The monoisotopic (exact) mass is 296 g/mol. The van der Waals surface area contributed by atoms with Gasteiger partial charge in [-0.3, -0.25) is 0 Å². The van der Waals surface area contributed by atoms with E-state index in [1.54, 1.807) is 0 Å². The third-order valence-electron chi connectivity index (χ3n) is 1.66. The van der Waals surface area contributed by atoms with Crippen LogP contribution in [-0.2, 0) is 0 Å². The van der Waals surface area contributed by atoms with Crippen LogP contribution in [0.15, 0.2) is 0 Å². The van der Waals surface area contributed by atoms with Crippen LogP contribution in [0.5, 0.6) is 0 Å². The molecule has 0 heterocycles. The predicted molar refractivity (Wildman–Crippen MR) is 68.4 cm³/mol. The third-order valence-corrected chi connectivity index (χ3v) is 1.66. The van der Waals surface area contributed by atoms with E-state index in [4.69, 9.17) is 11.5 Å². The van der Waals surface area contributed by atoms with Crippen LogP contribution in [0.3, 0.4) is 0 Å². The van der Waals surface area contributed by atoms with Crippen molar-refractivity contribution in [2.75, 3.05) is 13.1 Å². The Labute approximate surface area is 116 Å². The van der Waals surface area contributed by atoms with Crippen LogP contribution < -0.4 is 11.5 Å². The van der Waals surface area contributed by atoms with Gasteiger partial charge in [0.1, 0.15) is 0 Å². The molecule has 2 nitrogen and oxygen atoms in total. The van der Waals surface area contributed by atoms with Crippen molar-refractivity contribution >= 4 is 53.5 Å². The van der Waals surface area contributed by atoms with Crippen molar-refractivity contribution in [3.8, 4) is 0 Å². The maximum absolute atomic E-state index is 5.35. The molecule has 0 aliphatic heterocycles. The molecule has 0 rings (SSSR count).